The monoisotopic (exact) mass is 329 g/mol. The van der Waals surface area contributed by atoms with Gasteiger partial charge in [-0.3, -0.25) is 4.79 Å². The van der Waals surface area contributed by atoms with E-state index in [1.807, 2.05) is 13.8 Å². The first-order chi connectivity index (χ1) is 9.70. The van der Waals surface area contributed by atoms with Gasteiger partial charge in [0.15, 0.2) is 0 Å². The Morgan fingerprint density at radius 2 is 1.95 bits per heavy atom. The zero-order chi connectivity index (χ0) is 15.8. The van der Waals surface area contributed by atoms with Crippen LogP contribution in [0.5, 0.6) is 0 Å². The lowest BCUT2D eigenvalue weighted by atomic mass is 9.84. The second kappa shape index (κ2) is 5.97. The number of hydrogen-bond donors (Lipinski definition) is 1. The van der Waals surface area contributed by atoms with E-state index >= 15 is 0 Å². The molecule has 1 saturated carbocycles. The van der Waals surface area contributed by atoms with Crippen LogP contribution in [0.4, 0.5) is 5.69 Å². The molecule has 0 radical (unpaired) electrons. The molecular weight excluding hydrogens is 310 g/mol. The first-order valence-electron chi connectivity index (χ1n) is 7.10. The summed E-state index contributed by atoms with van der Waals surface area (Å²) in [7, 11) is 1.66. The van der Waals surface area contributed by atoms with E-state index in [1.54, 1.807) is 13.0 Å². The van der Waals surface area contributed by atoms with Crippen LogP contribution >= 0.6 is 10.7 Å². The number of halogens is 1. The average Bonchev–Trinajstić information content (AvgIpc) is 2.27. The van der Waals surface area contributed by atoms with Crippen molar-refractivity contribution in [1.29, 1.82) is 0 Å². The summed E-state index contributed by atoms with van der Waals surface area (Å²) in [6.07, 6.45) is 2.95. The Hall–Kier alpha value is -1.07. The van der Waals surface area contributed by atoms with Crippen LogP contribution in [-0.4, -0.2) is 14.3 Å². The molecule has 1 amide bonds. The maximum Gasteiger partial charge on any atom is 0.261 e. The van der Waals surface area contributed by atoms with E-state index < -0.39 is 9.05 Å². The molecule has 21 heavy (non-hydrogen) atoms. The SMILES string of the molecule is Cc1cc(S(=O)(=O)Cl)cc(C(C)C)c1NC(=O)C1CCC1. The van der Waals surface area contributed by atoms with Gasteiger partial charge in [-0.05, 0) is 48.9 Å². The molecule has 0 spiro atoms. The topological polar surface area (TPSA) is 63.2 Å². The molecule has 0 unspecified atom stereocenters. The highest BCUT2D eigenvalue weighted by molar-refractivity contribution is 8.13. The largest absolute Gasteiger partial charge is 0.325 e. The van der Waals surface area contributed by atoms with E-state index in [9.17, 15) is 13.2 Å². The number of nitrogens with one attached hydrogen (secondary N) is 1. The standard InChI is InChI=1S/C15H20ClNO3S/c1-9(2)13-8-12(21(16,19)20)7-10(3)14(13)17-15(18)11-5-4-6-11/h7-9,11H,4-6H2,1-3H3,(H,17,18). The number of carbonyl (C=O) groups excluding carboxylic acids is 1. The van der Waals surface area contributed by atoms with E-state index in [-0.39, 0.29) is 22.6 Å². The fraction of sp³-hybridized carbons (Fsp3) is 0.533. The van der Waals surface area contributed by atoms with Crippen molar-refractivity contribution in [3.8, 4) is 0 Å². The number of amides is 1. The fourth-order valence-corrected chi connectivity index (χ4v) is 3.30. The van der Waals surface area contributed by atoms with Gasteiger partial charge in [-0.1, -0.05) is 20.3 Å². The minimum absolute atomic E-state index is 0.0210. The van der Waals surface area contributed by atoms with Gasteiger partial charge in [0.1, 0.15) is 0 Å². The summed E-state index contributed by atoms with van der Waals surface area (Å²) in [5, 5.41) is 2.96. The van der Waals surface area contributed by atoms with Gasteiger partial charge in [0.05, 0.1) is 4.90 Å². The van der Waals surface area contributed by atoms with E-state index in [4.69, 9.17) is 10.7 Å². The Morgan fingerprint density at radius 3 is 2.38 bits per heavy atom. The highest BCUT2D eigenvalue weighted by Crippen LogP contribution is 2.34. The van der Waals surface area contributed by atoms with Crippen LogP contribution in [0.3, 0.4) is 0 Å². The van der Waals surface area contributed by atoms with E-state index in [0.717, 1.165) is 24.8 Å². The summed E-state index contributed by atoms with van der Waals surface area (Å²) in [6, 6.07) is 3.06. The van der Waals surface area contributed by atoms with Crippen LogP contribution in [0.15, 0.2) is 17.0 Å². The normalized spacial score (nSPS) is 15.9. The Morgan fingerprint density at radius 1 is 1.33 bits per heavy atom. The van der Waals surface area contributed by atoms with Crippen LogP contribution < -0.4 is 5.32 Å². The molecule has 4 nitrogen and oxygen atoms in total. The minimum Gasteiger partial charge on any atom is -0.325 e. The first kappa shape index (κ1) is 16.3. The van der Waals surface area contributed by atoms with Gasteiger partial charge < -0.3 is 5.32 Å². The number of anilines is 1. The molecule has 0 bridgehead atoms. The smallest absolute Gasteiger partial charge is 0.261 e. The first-order valence-corrected chi connectivity index (χ1v) is 9.41. The van der Waals surface area contributed by atoms with Crippen molar-refractivity contribution < 1.29 is 13.2 Å². The molecule has 0 heterocycles. The van der Waals surface area contributed by atoms with Gasteiger partial charge in [0, 0.05) is 22.3 Å². The lowest BCUT2D eigenvalue weighted by Gasteiger charge is -2.26. The Bertz CT molecular complexity index is 664. The average molecular weight is 330 g/mol. The van der Waals surface area contributed by atoms with Crippen molar-refractivity contribution in [3.63, 3.8) is 0 Å². The van der Waals surface area contributed by atoms with Gasteiger partial charge >= 0.3 is 0 Å². The molecule has 0 atom stereocenters. The molecular formula is C15H20ClNO3S. The molecule has 1 aliphatic rings. The Kier molecular flexibility index (Phi) is 4.63. The zero-order valence-electron chi connectivity index (χ0n) is 12.4. The van der Waals surface area contributed by atoms with E-state index in [2.05, 4.69) is 5.32 Å². The van der Waals surface area contributed by atoms with Crippen molar-refractivity contribution in [2.75, 3.05) is 5.32 Å². The second-order valence-corrected chi connectivity index (χ2v) is 8.48. The van der Waals surface area contributed by atoms with Crippen molar-refractivity contribution in [3.05, 3.63) is 23.3 Å². The number of benzene rings is 1. The summed E-state index contributed by atoms with van der Waals surface area (Å²) in [4.78, 5) is 12.2. The highest BCUT2D eigenvalue weighted by Gasteiger charge is 2.27. The number of carbonyl (C=O) groups is 1. The molecule has 1 fully saturated rings. The van der Waals surface area contributed by atoms with Crippen molar-refractivity contribution in [2.24, 2.45) is 5.92 Å². The van der Waals surface area contributed by atoms with Gasteiger partial charge in [0.2, 0.25) is 5.91 Å². The van der Waals surface area contributed by atoms with Crippen LogP contribution in [-0.2, 0) is 13.8 Å². The third-order valence-corrected chi connectivity index (χ3v) is 5.30. The van der Waals surface area contributed by atoms with Gasteiger partial charge in [-0.25, -0.2) is 8.42 Å². The Labute approximate surface area is 130 Å². The van der Waals surface area contributed by atoms with Gasteiger partial charge in [-0.15, -0.1) is 0 Å². The number of rotatable bonds is 4. The van der Waals surface area contributed by atoms with Gasteiger partial charge in [-0.2, -0.15) is 0 Å². The van der Waals surface area contributed by atoms with Gasteiger partial charge in [0.25, 0.3) is 9.05 Å². The lowest BCUT2D eigenvalue weighted by molar-refractivity contribution is -0.122. The second-order valence-electron chi connectivity index (χ2n) is 5.91. The summed E-state index contributed by atoms with van der Waals surface area (Å²) >= 11 is 0. The molecule has 1 aromatic rings. The van der Waals surface area contributed by atoms with Crippen LogP contribution in [0.2, 0.25) is 0 Å². The zero-order valence-corrected chi connectivity index (χ0v) is 14.0. The van der Waals surface area contributed by atoms with E-state index in [1.165, 1.54) is 6.07 Å². The third-order valence-electron chi connectivity index (χ3n) is 3.97. The van der Waals surface area contributed by atoms with Crippen LogP contribution in [0.1, 0.15) is 50.2 Å². The van der Waals surface area contributed by atoms with Crippen LogP contribution in [0, 0.1) is 12.8 Å². The van der Waals surface area contributed by atoms with Crippen molar-refractivity contribution in [1.82, 2.24) is 0 Å². The molecule has 1 aromatic carbocycles. The quantitative estimate of drug-likeness (QED) is 0.855. The Balaban J connectivity index is 2.42. The molecule has 0 aromatic heterocycles. The molecule has 0 saturated heterocycles. The summed E-state index contributed by atoms with van der Waals surface area (Å²) in [5.41, 5.74) is 2.22. The molecule has 0 aliphatic heterocycles. The fourth-order valence-electron chi connectivity index (χ4n) is 2.44. The summed E-state index contributed by atoms with van der Waals surface area (Å²) in [5.74, 6) is 0.187. The highest BCUT2D eigenvalue weighted by atomic mass is 35.7. The summed E-state index contributed by atoms with van der Waals surface area (Å²) in [6.45, 7) is 5.70. The van der Waals surface area contributed by atoms with Crippen LogP contribution in [0.25, 0.3) is 0 Å². The molecule has 1 aliphatic carbocycles. The molecule has 116 valence electrons. The molecule has 2 rings (SSSR count). The maximum absolute atomic E-state index is 12.1. The predicted molar refractivity (Wildman–Crippen MR) is 84.3 cm³/mol. The molecule has 6 heteroatoms. The minimum atomic E-state index is -3.78. The summed E-state index contributed by atoms with van der Waals surface area (Å²) < 4.78 is 23.1. The van der Waals surface area contributed by atoms with E-state index in [0.29, 0.717) is 11.3 Å². The lowest BCUT2D eigenvalue weighted by Crippen LogP contribution is -2.28. The maximum atomic E-state index is 12.1. The third kappa shape index (κ3) is 3.58. The number of aryl methyl sites for hydroxylation is 1. The number of hydrogen-bond acceptors (Lipinski definition) is 3. The molecule has 1 N–H and O–H groups in total. The predicted octanol–water partition coefficient (Wildman–Crippen LogP) is 3.78. The van der Waals surface area contributed by atoms with Crippen molar-refractivity contribution in [2.45, 2.75) is 50.8 Å². The van der Waals surface area contributed by atoms with Crippen molar-refractivity contribution >= 4 is 31.3 Å².